The van der Waals surface area contributed by atoms with Crippen LogP contribution in [0.1, 0.15) is 124 Å². The topological polar surface area (TPSA) is 408 Å². The number of H-pyrrole nitrogens is 1. The second kappa shape index (κ2) is 41.4. The number of carbonyl (C=O) groups excluding carboxylic acids is 4. The van der Waals surface area contributed by atoms with Crippen molar-refractivity contribution in [3.8, 4) is 11.5 Å². The summed E-state index contributed by atoms with van der Waals surface area (Å²) in [6.07, 6.45) is -0.945. The van der Waals surface area contributed by atoms with Crippen molar-refractivity contribution in [2.45, 2.75) is 178 Å². The number of nitrogens with two attached hydrogens (primary N) is 5. The van der Waals surface area contributed by atoms with Gasteiger partial charge in [0.15, 0.2) is 12.2 Å². The van der Waals surface area contributed by atoms with Gasteiger partial charge in [-0.05, 0) is 119 Å². The van der Waals surface area contributed by atoms with E-state index in [1.807, 2.05) is 132 Å². The maximum Gasteiger partial charge on any atom is 0.509 e. The van der Waals surface area contributed by atoms with Crippen LogP contribution in [0.15, 0.2) is 140 Å². The lowest BCUT2D eigenvalue weighted by molar-refractivity contribution is -0.284. The number of fused-ring (bicyclic) bond motifs is 3. The number of aromatic amines is 1. The largest absolute Gasteiger partial charge is 0.509 e. The van der Waals surface area contributed by atoms with Crippen molar-refractivity contribution in [1.29, 1.82) is 0 Å². The molecule has 15 N–H and O–H groups in total. The summed E-state index contributed by atoms with van der Waals surface area (Å²) >= 11 is 0. The number of nitrogens with zero attached hydrogens (tertiary/aromatic N) is 1. The highest BCUT2D eigenvalue weighted by Crippen LogP contribution is 2.41. The molecule has 0 spiro atoms. The molecule has 0 saturated carbocycles. The van der Waals surface area contributed by atoms with Crippen molar-refractivity contribution in [1.82, 2.24) is 15.3 Å². The molecule has 520 valence electrons. The molecule has 7 aromatic rings. The Hall–Kier alpha value is -9.21. The number of aromatic nitrogens is 2. The van der Waals surface area contributed by atoms with Crippen LogP contribution in [-0.4, -0.2) is 107 Å². The Bertz CT molecular complexity index is 3420. The average Bonchev–Trinajstić information content (AvgIpc) is 1.43. The summed E-state index contributed by atoms with van der Waals surface area (Å²) in [7, 11) is 1.43. The molecular formula is C68H102N10O16. The van der Waals surface area contributed by atoms with E-state index in [1.165, 1.54) is 58.0 Å². The van der Waals surface area contributed by atoms with E-state index in [0.29, 0.717) is 28.4 Å². The molecule has 10 rings (SSSR count). The van der Waals surface area contributed by atoms with Crippen LogP contribution in [0, 0.1) is 11.8 Å². The number of anilines is 5. The standard InChI is InChI=1S/C21H26N2O8.C20H21NO8.C6H7N.C5H6N2.C4H6N2.C4H11N.C3H9N.2C2H6.CH4/c1-10-17(30-20(27)22-5)16(25)19(31-21(10,3)4)28-13-7-6-12-8-14(23-11(2)24)18(26)29-15(12)9-13;1-9-15-16(28-19(24)27-15)18(29-20(9,3)4)25-12-6-5-11-7-13(21-10(2)22)17(23)26-14(11)8-12;7-6-4-2-1-3-5-6;6-5-3-1-2-4-7-5;5-4-2-1-3-6-4;1-2-3-4-5;1-3(2)4;2*1-2;/h6-10,16-17,19,25H,1-5H3,(H,22,27)(H,23,24);5-9,15-16,18H,1-4H3,(H,21,22);1-5H,7H2;1-4H,(H2,6,7);1-3,6H,5H2;2-5H2,1H3;3H,4H2,1-2H3;2*1-2H3;1H4/t10-,16+,17+,19?;9-,15+,16+,18?;;;;;;;;/m11......../s1. The van der Waals surface area contributed by atoms with Gasteiger partial charge in [0.25, 0.3) is 0 Å². The number of hydrogen-bond donors (Lipinski definition) is 10. The molecule has 3 fully saturated rings. The first-order chi connectivity index (χ1) is 44.0. The van der Waals surface area contributed by atoms with Gasteiger partial charge in [-0.1, -0.05) is 100 Å². The Morgan fingerprint density at radius 2 is 1.17 bits per heavy atom. The molecule has 0 bridgehead atoms. The Balaban J connectivity index is 0.000000632. The Morgan fingerprint density at radius 3 is 1.54 bits per heavy atom. The van der Waals surface area contributed by atoms with Crippen molar-refractivity contribution >= 4 is 74.7 Å². The van der Waals surface area contributed by atoms with Gasteiger partial charge in [0, 0.05) is 73.7 Å². The number of para-hydroxylation sites is 1. The lowest BCUT2D eigenvalue weighted by atomic mass is 9.82. The number of alkyl carbamates (subject to hydrolysis) is 1. The van der Waals surface area contributed by atoms with Crippen LogP contribution in [0.3, 0.4) is 0 Å². The van der Waals surface area contributed by atoms with E-state index in [9.17, 15) is 33.9 Å². The van der Waals surface area contributed by atoms with E-state index >= 15 is 0 Å². The van der Waals surface area contributed by atoms with Crippen LogP contribution in [0.2, 0.25) is 0 Å². The number of pyridine rings is 1. The van der Waals surface area contributed by atoms with E-state index in [2.05, 4.69) is 32.8 Å². The van der Waals surface area contributed by atoms with Crippen LogP contribution < -0.4 is 65.3 Å². The molecule has 3 aliphatic rings. The van der Waals surface area contributed by atoms with Gasteiger partial charge in [0.2, 0.25) is 30.5 Å². The number of benzene rings is 3. The maximum absolute atomic E-state index is 12.1. The zero-order valence-corrected chi connectivity index (χ0v) is 56.3. The number of nitrogen functional groups attached to an aromatic ring is 3. The zero-order valence-electron chi connectivity index (χ0n) is 56.3. The molecule has 3 amide bonds. The number of nitrogens with one attached hydrogen (secondary N) is 4. The third kappa shape index (κ3) is 27.5. The van der Waals surface area contributed by atoms with E-state index in [4.69, 9.17) is 70.7 Å². The first-order valence-corrected chi connectivity index (χ1v) is 30.6. The molecule has 94 heavy (non-hydrogen) atoms. The molecule has 8 atom stereocenters. The van der Waals surface area contributed by atoms with Gasteiger partial charge in [-0.25, -0.2) is 24.2 Å². The summed E-state index contributed by atoms with van der Waals surface area (Å²) in [5, 5.41) is 19.1. The number of carbonyl (C=O) groups is 4. The third-order valence-electron chi connectivity index (χ3n) is 13.3. The van der Waals surface area contributed by atoms with Crippen molar-refractivity contribution in [2.24, 2.45) is 23.3 Å². The Labute approximate surface area is 551 Å². The highest BCUT2D eigenvalue weighted by molar-refractivity contribution is 5.92. The van der Waals surface area contributed by atoms with Crippen LogP contribution in [-0.2, 0) is 33.3 Å². The second-order valence-corrected chi connectivity index (χ2v) is 21.9. The molecule has 3 aliphatic heterocycles. The fraction of sp³-hybridized carbons (Fsp3) is 0.456. The van der Waals surface area contributed by atoms with Crippen molar-refractivity contribution in [2.75, 3.05) is 41.4 Å². The normalized spacial score (nSPS) is 19.6. The third-order valence-corrected chi connectivity index (χ3v) is 13.3. The van der Waals surface area contributed by atoms with Crippen LogP contribution in [0.4, 0.5) is 38.3 Å². The Kier molecular flexibility index (Phi) is 36.5. The molecule has 0 radical (unpaired) electrons. The first-order valence-electron chi connectivity index (χ1n) is 30.6. The summed E-state index contributed by atoms with van der Waals surface area (Å²) in [5.41, 5.74) is 24.7. The van der Waals surface area contributed by atoms with Gasteiger partial charge >= 0.3 is 23.5 Å². The first kappa shape index (κ1) is 82.8. The Morgan fingerprint density at radius 1 is 0.691 bits per heavy atom. The molecule has 26 heteroatoms. The van der Waals surface area contributed by atoms with Gasteiger partial charge in [0.05, 0.1) is 11.2 Å². The fourth-order valence-corrected chi connectivity index (χ4v) is 8.24. The van der Waals surface area contributed by atoms with E-state index in [1.54, 1.807) is 48.8 Å². The predicted octanol–water partition coefficient (Wildman–Crippen LogP) is 11.1. The molecule has 0 aliphatic carbocycles. The fourth-order valence-electron chi connectivity index (χ4n) is 8.24. The van der Waals surface area contributed by atoms with Gasteiger partial charge in [0.1, 0.15) is 51.8 Å². The maximum atomic E-state index is 12.1. The summed E-state index contributed by atoms with van der Waals surface area (Å²) in [5.74, 6) is 0.756. The number of aliphatic hydroxyl groups excluding tert-OH is 1. The average molecular weight is 1320 g/mol. The van der Waals surface area contributed by atoms with Crippen molar-refractivity contribution in [3.05, 3.63) is 142 Å². The van der Waals surface area contributed by atoms with Crippen LogP contribution >= 0.6 is 0 Å². The highest BCUT2D eigenvalue weighted by Gasteiger charge is 2.57. The lowest BCUT2D eigenvalue weighted by Gasteiger charge is -2.47. The lowest BCUT2D eigenvalue weighted by Crippen LogP contribution is -2.61. The van der Waals surface area contributed by atoms with E-state index < -0.39 is 71.7 Å². The minimum absolute atomic E-state index is 0. The summed E-state index contributed by atoms with van der Waals surface area (Å²) in [6, 6.07) is 31.5. The van der Waals surface area contributed by atoms with Gasteiger partial charge in [-0.3, -0.25) is 9.59 Å². The quantitative estimate of drug-likeness (QED) is 0.0364. The van der Waals surface area contributed by atoms with Gasteiger partial charge in [-0.2, -0.15) is 0 Å². The number of amides is 3. The van der Waals surface area contributed by atoms with E-state index in [0.717, 1.165) is 18.1 Å². The highest BCUT2D eigenvalue weighted by atomic mass is 16.8. The summed E-state index contributed by atoms with van der Waals surface area (Å²) in [6.45, 7) is 28.6. The summed E-state index contributed by atoms with van der Waals surface area (Å²) < 4.78 is 50.2. The monoisotopic (exact) mass is 1310 g/mol. The number of rotatable bonds is 9. The SMILES string of the molecule is C.CC.CC.CC(=O)Nc1cc2ccc(OC3OC(C)(C)[C@H](C)[C@@H]4OC(=O)O[C@H]34)cc2oc1=O.CC(C)N.CCCCN.CNC(=O)O[C@@H]1[C@H](O)C(Oc2ccc3cc(NC(C)=O)c(=O)oc3c2)OC(C)(C)[C@@H]1C.Nc1ccc[nH]1.Nc1ccccc1.Nc1ccccn1. The minimum atomic E-state index is -1.26. The molecule has 3 aromatic carbocycles. The zero-order chi connectivity index (χ0) is 70.2. The number of unbranched alkanes of at least 4 members (excludes halogenated alkanes) is 1. The molecule has 26 nitrogen and oxygen atoms in total. The van der Waals surface area contributed by atoms with Gasteiger partial charge in [-0.15, -0.1) is 0 Å². The smallest absolute Gasteiger partial charge is 0.462 e. The molecule has 2 unspecified atom stereocenters. The van der Waals surface area contributed by atoms with E-state index in [-0.39, 0.29) is 59.4 Å². The van der Waals surface area contributed by atoms with Crippen molar-refractivity contribution in [3.63, 3.8) is 0 Å². The second-order valence-electron chi connectivity index (χ2n) is 21.9. The van der Waals surface area contributed by atoms with Crippen LogP contribution in [0.25, 0.3) is 21.9 Å². The minimum Gasteiger partial charge on any atom is -0.462 e. The molecular weight excluding hydrogens is 1210 g/mol. The molecule has 3 saturated heterocycles. The van der Waals surface area contributed by atoms with Crippen molar-refractivity contribution < 1.29 is 66.3 Å². The van der Waals surface area contributed by atoms with Gasteiger partial charge < -0.3 is 96.7 Å². The summed E-state index contributed by atoms with van der Waals surface area (Å²) in [4.78, 5) is 76.4. The predicted molar refractivity (Wildman–Crippen MR) is 369 cm³/mol. The molecule has 7 heterocycles. The van der Waals surface area contributed by atoms with Crippen LogP contribution in [0.5, 0.6) is 11.5 Å². The number of hydrogen-bond acceptors (Lipinski definition) is 22. The number of aliphatic hydroxyl groups is 1. The number of ether oxygens (including phenoxy) is 7. The molecule has 4 aromatic heterocycles.